The molecule has 1 aromatic heterocycles. The highest BCUT2D eigenvalue weighted by Crippen LogP contribution is 2.22. The van der Waals surface area contributed by atoms with Crippen LogP contribution in [0.2, 0.25) is 0 Å². The van der Waals surface area contributed by atoms with Gasteiger partial charge in [0.05, 0.1) is 37.2 Å². The molecule has 0 saturated carbocycles. The van der Waals surface area contributed by atoms with Crippen LogP contribution in [-0.4, -0.2) is 34.7 Å². The van der Waals surface area contributed by atoms with Crippen LogP contribution in [0, 0.1) is 0 Å². The molecule has 1 amide bonds. The highest BCUT2D eigenvalue weighted by molar-refractivity contribution is 5.79. The summed E-state index contributed by atoms with van der Waals surface area (Å²) in [7, 11) is 1.56. The van der Waals surface area contributed by atoms with Crippen molar-refractivity contribution in [3.63, 3.8) is 0 Å². The molecule has 0 spiro atoms. The number of nitrogens with zero attached hydrogens (tertiary/aromatic N) is 2. The van der Waals surface area contributed by atoms with E-state index in [-0.39, 0.29) is 37.6 Å². The Balaban J connectivity index is 1.77. The van der Waals surface area contributed by atoms with Crippen molar-refractivity contribution in [3.05, 3.63) is 64.6 Å². The number of aromatic nitrogens is 2. The zero-order valence-corrected chi connectivity index (χ0v) is 18.7. The summed E-state index contributed by atoms with van der Waals surface area (Å²) in [6.45, 7) is 4.71. The zero-order chi connectivity index (χ0) is 23.1. The van der Waals surface area contributed by atoms with Crippen LogP contribution in [0.3, 0.4) is 0 Å². The number of imidazole rings is 1. The van der Waals surface area contributed by atoms with Crippen LogP contribution >= 0.6 is 0 Å². The molecule has 0 bridgehead atoms. The van der Waals surface area contributed by atoms with E-state index in [2.05, 4.69) is 5.32 Å². The maximum atomic E-state index is 12.8. The Hall–Kier alpha value is -3.55. The van der Waals surface area contributed by atoms with E-state index in [4.69, 9.17) is 9.47 Å². The summed E-state index contributed by atoms with van der Waals surface area (Å²) in [6, 6.07) is 14.2. The van der Waals surface area contributed by atoms with Crippen molar-refractivity contribution in [3.8, 4) is 5.75 Å². The number of ether oxygens (including phenoxy) is 2. The van der Waals surface area contributed by atoms with Crippen molar-refractivity contribution < 1.29 is 19.1 Å². The lowest BCUT2D eigenvalue weighted by molar-refractivity contribution is -0.143. The van der Waals surface area contributed by atoms with Gasteiger partial charge in [0.15, 0.2) is 0 Å². The summed E-state index contributed by atoms with van der Waals surface area (Å²) in [5, 5.41) is 2.91. The van der Waals surface area contributed by atoms with Crippen LogP contribution in [0.15, 0.2) is 53.3 Å². The summed E-state index contributed by atoms with van der Waals surface area (Å²) in [6.07, 6.45) is 0.1000. The quantitative estimate of drug-likeness (QED) is 0.490. The van der Waals surface area contributed by atoms with Crippen molar-refractivity contribution in [2.45, 2.75) is 45.8 Å². The second kappa shape index (κ2) is 10.7. The molecule has 0 fully saturated rings. The third-order valence-corrected chi connectivity index (χ3v) is 5.31. The number of nitrogens with one attached hydrogen (secondary N) is 1. The minimum atomic E-state index is -0.564. The van der Waals surface area contributed by atoms with Gasteiger partial charge in [-0.1, -0.05) is 24.3 Å². The lowest BCUT2D eigenvalue weighted by Gasteiger charge is -2.19. The lowest BCUT2D eigenvalue weighted by atomic mass is 10.0. The maximum Gasteiger partial charge on any atom is 0.329 e. The highest BCUT2D eigenvalue weighted by atomic mass is 16.5. The first-order chi connectivity index (χ1) is 15.5. The topological polar surface area (TPSA) is 91.6 Å². The number of carbonyl (C=O) groups excluding carboxylic acids is 2. The standard InChI is InChI=1S/C24H29N3O5/c1-4-26-20-11-6-7-12-21(20)27(24(26)30)14-13-22(28)25-19(16-23(29)32-5-2)17-9-8-10-18(15-17)31-3/h6-12,15,19H,4-5,13-14,16H2,1-3H3,(H,25,28). The van der Waals surface area contributed by atoms with Crippen LogP contribution in [0.25, 0.3) is 11.0 Å². The Labute approximate surface area is 186 Å². The predicted molar refractivity (Wildman–Crippen MR) is 122 cm³/mol. The molecule has 8 nitrogen and oxygen atoms in total. The van der Waals surface area contributed by atoms with Crippen molar-refractivity contribution >= 4 is 22.9 Å². The van der Waals surface area contributed by atoms with E-state index in [1.807, 2.05) is 37.3 Å². The summed E-state index contributed by atoms with van der Waals surface area (Å²) in [5.41, 5.74) is 2.24. The van der Waals surface area contributed by atoms with E-state index in [9.17, 15) is 14.4 Å². The molecule has 32 heavy (non-hydrogen) atoms. The zero-order valence-electron chi connectivity index (χ0n) is 18.7. The molecule has 0 aliphatic rings. The Morgan fingerprint density at radius 3 is 2.41 bits per heavy atom. The molecule has 0 aliphatic carbocycles. The molecule has 1 unspecified atom stereocenters. The molecule has 0 radical (unpaired) electrons. The van der Waals surface area contributed by atoms with Gasteiger partial charge in [0.25, 0.3) is 0 Å². The Bertz CT molecular complexity index is 1150. The number of para-hydroxylation sites is 2. The van der Waals surface area contributed by atoms with Gasteiger partial charge in [-0.2, -0.15) is 0 Å². The maximum absolute atomic E-state index is 12.8. The summed E-state index contributed by atoms with van der Waals surface area (Å²) >= 11 is 0. The number of benzene rings is 2. The van der Waals surface area contributed by atoms with E-state index in [0.29, 0.717) is 12.3 Å². The molecule has 0 saturated heterocycles. The molecule has 0 aliphatic heterocycles. The first kappa shape index (κ1) is 23.1. The summed E-state index contributed by atoms with van der Waals surface area (Å²) < 4.78 is 13.6. The van der Waals surface area contributed by atoms with E-state index < -0.39 is 12.0 Å². The van der Waals surface area contributed by atoms with Gasteiger partial charge in [0.2, 0.25) is 5.91 Å². The molecular formula is C24H29N3O5. The highest BCUT2D eigenvalue weighted by Gasteiger charge is 2.20. The third kappa shape index (κ3) is 5.19. The molecule has 170 valence electrons. The minimum absolute atomic E-state index is 0.00182. The van der Waals surface area contributed by atoms with E-state index in [1.165, 1.54) is 0 Å². The van der Waals surface area contributed by atoms with Gasteiger partial charge in [0, 0.05) is 19.5 Å². The average Bonchev–Trinajstić information content (AvgIpc) is 3.07. The van der Waals surface area contributed by atoms with Crippen molar-refractivity contribution in [2.75, 3.05) is 13.7 Å². The molecule has 1 atom stereocenters. The molecule has 3 rings (SSSR count). The first-order valence-electron chi connectivity index (χ1n) is 10.8. The SMILES string of the molecule is CCOC(=O)CC(NC(=O)CCn1c(=O)n(CC)c2ccccc21)c1cccc(OC)c1. The largest absolute Gasteiger partial charge is 0.497 e. The molecule has 2 aromatic carbocycles. The van der Waals surface area contributed by atoms with Gasteiger partial charge in [-0.05, 0) is 43.7 Å². The number of hydrogen-bond acceptors (Lipinski definition) is 5. The van der Waals surface area contributed by atoms with Crippen LogP contribution in [0.4, 0.5) is 0 Å². The van der Waals surface area contributed by atoms with Gasteiger partial charge in [-0.3, -0.25) is 18.7 Å². The number of aryl methyl sites for hydroxylation is 2. The molecular weight excluding hydrogens is 410 g/mol. The number of amides is 1. The second-order valence-corrected chi connectivity index (χ2v) is 7.32. The van der Waals surface area contributed by atoms with Crippen LogP contribution < -0.4 is 15.7 Å². The van der Waals surface area contributed by atoms with E-state index in [1.54, 1.807) is 41.4 Å². The smallest absolute Gasteiger partial charge is 0.329 e. The monoisotopic (exact) mass is 439 g/mol. The Morgan fingerprint density at radius 1 is 1.03 bits per heavy atom. The van der Waals surface area contributed by atoms with Gasteiger partial charge in [0.1, 0.15) is 5.75 Å². The van der Waals surface area contributed by atoms with Crippen LogP contribution in [-0.2, 0) is 27.4 Å². The number of fused-ring (bicyclic) bond motifs is 1. The van der Waals surface area contributed by atoms with Crippen LogP contribution in [0.5, 0.6) is 5.75 Å². The van der Waals surface area contributed by atoms with Gasteiger partial charge < -0.3 is 14.8 Å². The Morgan fingerprint density at radius 2 is 1.75 bits per heavy atom. The van der Waals surface area contributed by atoms with Gasteiger partial charge in [-0.25, -0.2) is 4.79 Å². The molecule has 8 heteroatoms. The third-order valence-electron chi connectivity index (χ3n) is 5.31. The fourth-order valence-corrected chi connectivity index (χ4v) is 3.77. The second-order valence-electron chi connectivity index (χ2n) is 7.32. The van der Waals surface area contributed by atoms with E-state index in [0.717, 1.165) is 16.6 Å². The molecule has 3 aromatic rings. The van der Waals surface area contributed by atoms with Crippen molar-refractivity contribution in [1.82, 2.24) is 14.5 Å². The minimum Gasteiger partial charge on any atom is -0.497 e. The Kier molecular flexibility index (Phi) is 7.70. The number of carbonyl (C=O) groups is 2. The van der Waals surface area contributed by atoms with Crippen LogP contribution in [0.1, 0.15) is 38.3 Å². The summed E-state index contributed by atoms with van der Waals surface area (Å²) in [4.78, 5) is 37.7. The van der Waals surface area contributed by atoms with Crippen molar-refractivity contribution in [2.24, 2.45) is 0 Å². The molecule has 1 heterocycles. The van der Waals surface area contributed by atoms with Gasteiger partial charge in [-0.15, -0.1) is 0 Å². The number of rotatable bonds is 10. The van der Waals surface area contributed by atoms with Gasteiger partial charge >= 0.3 is 11.7 Å². The molecule has 1 N–H and O–H groups in total. The number of esters is 1. The lowest BCUT2D eigenvalue weighted by Crippen LogP contribution is -2.32. The number of methoxy groups -OCH3 is 1. The van der Waals surface area contributed by atoms with Crippen molar-refractivity contribution in [1.29, 1.82) is 0 Å². The number of hydrogen-bond donors (Lipinski definition) is 1. The summed E-state index contributed by atoms with van der Waals surface area (Å²) in [5.74, 6) is -0.0326. The van der Waals surface area contributed by atoms with E-state index >= 15 is 0 Å². The fraction of sp³-hybridized carbons (Fsp3) is 0.375. The predicted octanol–water partition coefficient (Wildman–Crippen LogP) is 3.03. The normalized spacial score (nSPS) is 11.8. The first-order valence-corrected chi connectivity index (χ1v) is 10.8. The fourth-order valence-electron chi connectivity index (χ4n) is 3.77. The average molecular weight is 440 g/mol.